The lowest BCUT2D eigenvalue weighted by Gasteiger charge is -2.38. The molecule has 0 spiro atoms. The van der Waals surface area contributed by atoms with Crippen molar-refractivity contribution >= 4 is 18.0 Å². The Labute approximate surface area is 306 Å². The molecule has 4 atom stereocenters. The number of urea groups is 1. The third kappa shape index (κ3) is 10.2. The number of pyridine rings is 2. The van der Waals surface area contributed by atoms with Crippen molar-refractivity contribution in [1.82, 2.24) is 30.4 Å². The zero-order chi connectivity index (χ0) is 37.4. The fraction of sp³-hybridized carbons (Fsp3) is 0.390. The highest BCUT2D eigenvalue weighted by molar-refractivity contribution is 5.89. The fourth-order valence-corrected chi connectivity index (χ4v) is 6.85. The van der Waals surface area contributed by atoms with E-state index in [1.165, 1.54) is 0 Å². The number of nitrogens with zero attached hydrogens (tertiary/aromatic N) is 4. The van der Waals surface area contributed by atoms with E-state index in [0.29, 0.717) is 26.1 Å². The number of hydrogen-bond acceptors (Lipinski definition) is 6. The molecule has 0 radical (unpaired) electrons. The average Bonchev–Trinajstić information content (AvgIpc) is 3.43. The summed E-state index contributed by atoms with van der Waals surface area (Å²) in [5, 5.41) is 27.0. The summed E-state index contributed by atoms with van der Waals surface area (Å²) in [6.45, 7) is 10.9. The van der Waals surface area contributed by atoms with Crippen LogP contribution in [0.5, 0.6) is 0 Å². The predicted octanol–water partition coefficient (Wildman–Crippen LogP) is 5.77. The molecule has 0 unspecified atom stereocenters. The Morgan fingerprint density at radius 3 is 2.21 bits per heavy atom. The van der Waals surface area contributed by atoms with Crippen LogP contribution in [-0.2, 0) is 24.2 Å². The first kappa shape index (κ1) is 38.0. The molecule has 3 heterocycles. The van der Waals surface area contributed by atoms with Crippen molar-refractivity contribution in [3.05, 3.63) is 119 Å². The molecule has 1 saturated heterocycles. The summed E-state index contributed by atoms with van der Waals surface area (Å²) in [5.74, 6) is -0.326. The number of carboxylic acid groups (broad SMARTS) is 1. The van der Waals surface area contributed by atoms with Gasteiger partial charge in [0, 0.05) is 36.6 Å². The van der Waals surface area contributed by atoms with Crippen LogP contribution >= 0.6 is 0 Å². The van der Waals surface area contributed by atoms with E-state index >= 15 is 0 Å². The molecule has 2 aromatic heterocycles. The first-order chi connectivity index (χ1) is 24.8. The fourth-order valence-electron chi connectivity index (χ4n) is 6.85. The van der Waals surface area contributed by atoms with Gasteiger partial charge in [-0.05, 0) is 73.4 Å². The van der Waals surface area contributed by atoms with E-state index in [1.807, 2.05) is 126 Å². The van der Waals surface area contributed by atoms with Crippen molar-refractivity contribution in [2.45, 2.75) is 84.7 Å². The summed E-state index contributed by atoms with van der Waals surface area (Å²) in [6.07, 6.45) is 0.133. The summed E-state index contributed by atoms with van der Waals surface area (Å²) >= 11 is 0. The van der Waals surface area contributed by atoms with Gasteiger partial charge in [-0.15, -0.1) is 0 Å². The summed E-state index contributed by atoms with van der Waals surface area (Å²) in [7, 11) is 0. The molecule has 1 fully saturated rings. The molecule has 11 nitrogen and oxygen atoms in total. The zero-order valence-electron chi connectivity index (χ0n) is 30.6. The summed E-state index contributed by atoms with van der Waals surface area (Å²) in [6, 6.07) is 24.5. The molecule has 4 amide bonds. The number of benzene rings is 2. The second-order valence-electron chi connectivity index (χ2n) is 14.8. The van der Waals surface area contributed by atoms with Gasteiger partial charge in [-0.1, -0.05) is 87.5 Å². The molecule has 2 aromatic carbocycles. The van der Waals surface area contributed by atoms with Crippen LogP contribution in [0.1, 0.15) is 55.3 Å². The van der Waals surface area contributed by atoms with Crippen molar-refractivity contribution in [3.63, 3.8) is 0 Å². The number of carbonyl (C=O) groups is 3. The third-order valence-corrected chi connectivity index (χ3v) is 9.39. The quantitative estimate of drug-likeness (QED) is 0.130. The molecule has 274 valence electrons. The number of carbonyl (C=O) groups excluding carboxylic acids is 2. The van der Waals surface area contributed by atoms with Crippen LogP contribution in [0.3, 0.4) is 0 Å². The zero-order valence-corrected chi connectivity index (χ0v) is 30.6. The maximum Gasteiger partial charge on any atom is 0.404 e. The number of aryl methyl sites for hydroxylation is 2. The van der Waals surface area contributed by atoms with Gasteiger partial charge in [0.2, 0.25) is 5.91 Å². The Bertz CT molecular complexity index is 1810. The van der Waals surface area contributed by atoms with Crippen molar-refractivity contribution in [3.8, 4) is 11.3 Å². The summed E-state index contributed by atoms with van der Waals surface area (Å²) in [4.78, 5) is 52.3. The molecule has 1 aliphatic rings. The smallest absolute Gasteiger partial charge is 0.404 e. The van der Waals surface area contributed by atoms with Crippen LogP contribution in [0.15, 0.2) is 91.1 Å². The molecule has 1 aliphatic heterocycles. The van der Waals surface area contributed by atoms with E-state index < -0.39 is 35.7 Å². The first-order valence-electron chi connectivity index (χ1n) is 17.8. The minimum atomic E-state index is -1.25. The topological polar surface area (TPSA) is 148 Å². The average molecular weight is 707 g/mol. The van der Waals surface area contributed by atoms with E-state index in [9.17, 15) is 24.6 Å². The van der Waals surface area contributed by atoms with E-state index in [4.69, 9.17) is 0 Å². The van der Waals surface area contributed by atoms with Gasteiger partial charge in [-0.2, -0.15) is 0 Å². The van der Waals surface area contributed by atoms with Gasteiger partial charge in [0.1, 0.15) is 6.04 Å². The Hall–Kier alpha value is -5.29. The number of nitrogens with one attached hydrogen (secondary N) is 2. The highest BCUT2D eigenvalue weighted by Gasteiger charge is 2.44. The lowest BCUT2D eigenvalue weighted by Crippen LogP contribution is -2.57. The Morgan fingerprint density at radius 1 is 0.865 bits per heavy atom. The molecule has 0 aliphatic carbocycles. The molecular formula is C41H50N6O5. The molecule has 0 bridgehead atoms. The SMILES string of the molecule is Cc1ccc(-c2ccc(C[C@H](NC(=O)O)[C@@H](O)C[C@H](Cc3ccccc3)NC(=O)[C@@H](N3CCN(Cc4cccc(C)n4)C3=O)C(C)(C)C)cc2)nc1. The number of aliphatic hydroxyl groups is 1. The van der Waals surface area contributed by atoms with Crippen LogP contribution in [-0.4, -0.2) is 85.3 Å². The maximum absolute atomic E-state index is 14.3. The minimum absolute atomic E-state index is 0.0763. The number of aromatic nitrogens is 2. The molecular weight excluding hydrogens is 656 g/mol. The summed E-state index contributed by atoms with van der Waals surface area (Å²) < 4.78 is 0. The highest BCUT2D eigenvalue weighted by Crippen LogP contribution is 2.29. The molecule has 52 heavy (non-hydrogen) atoms. The van der Waals surface area contributed by atoms with Gasteiger partial charge < -0.3 is 30.6 Å². The maximum atomic E-state index is 14.3. The number of rotatable bonds is 14. The Balaban J connectivity index is 1.33. The van der Waals surface area contributed by atoms with Crippen molar-refractivity contribution in [1.29, 1.82) is 0 Å². The molecule has 11 heteroatoms. The second-order valence-corrected chi connectivity index (χ2v) is 14.8. The van der Waals surface area contributed by atoms with Crippen molar-refractivity contribution in [2.75, 3.05) is 13.1 Å². The van der Waals surface area contributed by atoms with Crippen LogP contribution in [0, 0.1) is 19.3 Å². The first-order valence-corrected chi connectivity index (χ1v) is 17.8. The van der Waals surface area contributed by atoms with E-state index in [-0.39, 0.29) is 24.8 Å². The number of aliphatic hydroxyl groups excluding tert-OH is 1. The van der Waals surface area contributed by atoms with Gasteiger partial charge in [-0.25, -0.2) is 9.59 Å². The third-order valence-electron chi connectivity index (χ3n) is 9.39. The van der Waals surface area contributed by atoms with Gasteiger partial charge in [0.05, 0.1) is 30.1 Å². The van der Waals surface area contributed by atoms with Gasteiger partial charge in [0.25, 0.3) is 0 Å². The predicted molar refractivity (Wildman–Crippen MR) is 200 cm³/mol. The van der Waals surface area contributed by atoms with Gasteiger partial charge in [-0.3, -0.25) is 14.8 Å². The Kier molecular flexibility index (Phi) is 12.3. The van der Waals surface area contributed by atoms with Crippen molar-refractivity contribution < 1.29 is 24.6 Å². The number of amides is 4. The lowest BCUT2D eigenvalue weighted by molar-refractivity contribution is -0.129. The van der Waals surface area contributed by atoms with Crippen LogP contribution < -0.4 is 10.6 Å². The monoisotopic (exact) mass is 706 g/mol. The second kappa shape index (κ2) is 16.8. The molecule has 0 saturated carbocycles. The largest absolute Gasteiger partial charge is 0.465 e. The van der Waals surface area contributed by atoms with Crippen molar-refractivity contribution in [2.24, 2.45) is 5.41 Å². The molecule has 4 N–H and O–H groups in total. The molecule has 5 rings (SSSR count). The number of hydrogen-bond donors (Lipinski definition) is 4. The van der Waals surface area contributed by atoms with Gasteiger partial charge >= 0.3 is 12.1 Å². The minimum Gasteiger partial charge on any atom is -0.465 e. The van der Waals surface area contributed by atoms with E-state index in [0.717, 1.165) is 39.3 Å². The standard InChI is InChI=1S/C41H50N6O5/c1-27-14-19-34(42-25-27)31-17-15-30(16-18-31)23-35(45-39(50)51)36(48)24-33(22-29-11-7-6-8-12-29)44-38(49)37(41(3,4)5)47-21-20-46(40(47)52)26-32-13-9-10-28(2)43-32/h6-19,25,33,35-37,45,48H,20-24,26H2,1-5H3,(H,44,49)(H,50,51)/t33-,35-,36-,37+/m0/s1. The lowest BCUT2D eigenvalue weighted by atomic mass is 9.84. The van der Waals surface area contributed by atoms with E-state index in [2.05, 4.69) is 20.6 Å². The van der Waals surface area contributed by atoms with E-state index in [1.54, 1.807) is 9.80 Å². The van der Waals surface area contributed by atoms with Crippen LogP contribution in [0.25, 0.3) is 11.3 Å². The molecule has 4 aromatic rings. The highest BCUT2D eigenvalue weighted by atomic mass is 16.4. The van der Waals surface area contributed by atoms with Crippen LogP contribution in [0.4, 0.5) is 9.59 Å². The Morgan fingerprint density at radius 2 is 1.58 bits per heavy atom. The van der Waals surface area contributed by atoms with Gasteiger partial charge in [0.15, 0.2) is 0 Å². The normalized spacial score (nSPS) is 15.5. The van der Waals surface area contributed by atoms with Crippen LogP contribution in [0.2, 0.25) is 0 Å². The summed E-state index contributed by atoms with van der Waals surface area (Å²) in [5.41, 5.74) is 5.65.